The predicted molar refractivity (Wildman–Crippen MR) is 115 cm³/mol. The first-order chi connectivity index (χ1) is 14.0. The van der Waals surface area contributed by atoms with Crippen molar-refractivity contribution < 1.29 is 13.2 Å². The van der Waals surface area contributed by atoms with Gasteiger partial charge < -0.3 is 0 Å². The lowest BCUT2D eigenvalue weighted by Crippen LogP contribution is -2.26. The van der Waals surface area contributed by atoms with Crippen LogP contribution in [0, 0.1) is 23.7 Å². The molecule has 0 radical (unpaired) electrons. The highest BCUT2D eigenvalue weighted by molar-refractivity contribution is 5.24. The number of rotatable bonds is 8. The third-order valence-electron chi connectivity index (χ3n) is 7.79. The van der Waals surface area contributed by atoms with E-state index >= 15 is 0 Å². The standard InChI is InChI=1S/C26H39F3/c1-2-3-4-5-20-8-14-23(15-9-20)24-16-10-21(11-17-24)6-7-22-12-18-25(19-13-22)26(27,28)29/h12-13,18-21,23-24H,2-11,14-17H2,1H3. The Morgan fingerprint density at radius 3 is 1.72 bits per heavy atom. The van der Waals surface area contributed by atoms with E-state index in [-0.39, 0.29) is 0 Å². The van der Waals surface area contributed by atoms with E-state index in [0.717, 1.165) is 42.1 Å². The third-order valence-corrected chi connectivity index (χ3v) is 7.79. The lowest BCUT2D eigenvalue weighted by molar-refractivity contribution is -0.137. The normalized spacial score (nSPS) is 28.4. The van der Waals surface area contributed by atoms with Crippen molar-refractivity contribution in [3.63, 3.8) is 0 Å². The second-order valence-electron chi connectivity index (χ2n) is 9.79. The van der Waals surface area contributed by atoms with E-state index in [1.807, 2.05) is 0 Å². The molecule has 1 aromatic rings. The quantitative estimate of drug-likeness (QED) is 0.377. The summed E-state index contributed by atoms with van der Waals surface area (Å²) in [5.41, 5.74) is 0.503. The van der Waals surface area contributed by atoms with Crippen molar-refractivity contribution in [2.24, 2.45) is 23.7 Å². The number of benzene rings is 1. The van der Waals surface area contributed by atoms with Crippen LogP contribution in [0.25, 0.3) is 0 Å². The Morgan fingerprint density at radius 2 is 1.24 bits per heavy atom. The van der Waals surface area contributed by atoms with Gasteiger partial charge >= 0.3 is 6.18 Å². The van der Waals surface area contributed by atoms with E-state index < -0.39 is 11.7 Å². The second-order valence-corrected chi connectivity index (χ2v) is 9.79. The summed E-state index contributed by atoms with van der Waals surface area (Å²) in [5.74, 6) is 3.67. The van der Waals surface area contributed by atoms with Gasteiger partial charge in [-0.3, -0.25) is 0 Å². The zero-order valence-electron chi connectivity index (χ0n) is 18.2. The molecule has 2 aliphatic carbocycles. The smallest absolute Gasteiger partial charge is 0.166 e. The molecule has 0 aliphatic heterocycles. The maximum Gasteiger partial charge on any atom is 0.416 e. The summed E-state index contributed by atoms with van der Waals surface area (Å²) < 4.78 is 38.0. The molecule has 0 spiro atoms. The molecule has 2 aliphatic rings. The van der Waals surface area contributed by atoms with Gasteiger partial charge in [0.1, 0.15) is 0 Å². The molecular formula is C26H39F3. The lowest BCUT2D eigenvalue weighted by Gasteiger charge is -2.38. The van der Waals surface area contributed by atoms with Crippen molar-refractivity contribution >= 4 is 0 Å². The van der Waals surface area contributed by atoms with Gasteiger partial charge in [-0.2, -0.15) is 13.2 Å². The average molecular weight is 409 g/mol. The van der Waals surface area contributed by atoms with Gasteiger partial charge in [-0.15, -0.1) is 0 Å². The average Bonchev–Trinajstić information content (AvgIpc) is 2.73. The fourth-order valence-electron chi connectivity index (χ4n) is 5.81. The van der Waals surface area contributed by atoms with E-state index in [4.69, 9.17) is 0 Å². The van der Waals surface area contributed by atoms with Gasteiger partial charge in [0.25, 0.3) is 0 Å². The van der Waals surface area contributed by atoms with Crippen molar-refractivity contribution in [1.29, 1.82) is 0 Å². The minimum absolute atomic E-state index is 0.540. The van der Waals surface area contributed by atoms with Crippen LogP contribution in [-0.4, -0.2) is 0 Å². The Bertz CT molecular complexity index is 573. The van der Waals surface area contributed by atoms with E-state index in [2.05, 4.69) is 6.92 Å². The fraction of sp³-hybridized carbons (Fsp3) is 0.769. The monoisotopic (exact) mass is 408 g/mol. The van der Waals surface area contributed by atoms with Crippen molar-refractivity contribution in [3.05, 3.63) is 35.4 Å². The molecule has 2 fully saturated rings. The van der Waals surface area contributed by atoms with Crippen LogP contribution in [0.3, 0.4) is 0 Å². The molecule has 1 aromatic carbocycles. The first-order valence-corrected chi connectivity index (χ1v) is 12.1. The van der Waals surface area contributed by atoms with Crippen molar-refractivity contribution in [2.75, 3.05) is 0 Å². The Balaban J connectivity index is 1.34. The number of alkyl halides is 3. The molecule has 29 heavy (non-hydrogen) atoms. The Labute approximate surface area is 175 Å². The molecule has 0 atom stereocenters. The number of unbranched alkanes of at least 4 members (excludes halogenated alkanes) is 2. The second kappa shape index (κ2) is 10.9. The number of hydrogen-bond donors (Lipinski definition) is 0. The molecule has 3 rings (SSSR count). The van der Waals surface area contributed by atoms with Crippen molar-refractivity contribution in [2.45, 2.75) is 103 Å². The highest BCUT2D eigenvalue weighted by Crippen LogP contribution is 2.43. The van der Waals surface area contributed by atoms with Crippen LogP contribution in [-0.2, 0) is 12.6 Å². The van der Waals surface area contributed by atoms with Crippen LogP contribution >= 0.6 is 0 Å². The van der Waals surface area contributed by atoms with E-state index in [1.54, 1.807) is 12.1 Å². The topological polar surface area (TPSA) is 0 Å². The Morgan fingerprint density at radius 1 is 0.724 bits per heavy atom. The molecule has 0 amide bonds. The summed E-state index contributed by atoms with van der Waals surface area (Å²) in [5, 5.41) is 0. The molecule has 0 N–H and O–H groups in total. The summed E-state index contributed by atoms with van der Waals surface area (Å²) in [6.07, 6.45) is 14.7. The molecule has 0 unspecified atom stereocenters. The number of halogens is 3. The zero-order chi connectivity index (χ0) is 20.7. The number of hydrogen-bond acceptors (Lipinski definition) is 0. The highest BCUT2D eigenvalue weighted by atomic mass is 19.4. The first kappa shape index (κ1) is 22.7. The van der Waals surface area contributed by atoms with Crippen LogP contribution in [0.15, 0.2) is 24.3 Å². The zero-order valence-corrected chi connectivity index (χ0v) is 18.2. The summed E-state index contributed by atoms with van der Waals surface area (Å²) in [6.45, 7) is 2.29. The van der Waals surface area contributed by atoms with Gasteiger partial charge in [-0.25, -0.2) is 0 Å². The molecule has 2 saturated carbocycles. The van der Waals surface area contributed by atoms with Gasteiger partial charge in [-0.1, -0.05) is 70.4 Å². The molecule has 0 heterocycles. The third kappa shape index (κ3) is 7.03. The molecule has 0 aromatic heterocycles. The maximum atomic E-state index is 12.7. The largest absolute Gasteiger partial charge is 0.416 e. The van der Waals surface area contributed by atoms with E-state index in [1.165, 1.54) is 89.2 Å². The lowest BCUT2D eigenvalue weighted by atomic mass is 9.68. The summed E-state index contributed by atoms with van der Waals surface area (Å²) in [4.78, 5) is 0. The number of aryl methyl sites for hydroxylation is 1. The molecule has 0 saturated heterocycles. The van der Waals surface area contributed by atoms with Crippen molar-refractivity contribution in [1.82, 2.24) is 0 Å². The van der Waals surface area contributed by atoms with Crippen molar-refractivity contribution in [3.8, 4) is 0 Å². The summed E-state index contributed by atoms with van der Waals surface area (Å²) >= 11 is 0. The van der Waals surface area contributed by atoms with Crippen LogP contribution in [0.5, 0.6) is 0 Å². The van der Waals surface area contributed by atoms with Gasteiger partial charge in [0.05, 0.1) is 5.56 Å². The highest BCUT2D eigenvalue weighted by Gasteiger charge is 2.31. The summed E-state index contributed by atoms with van der Waals surface area (Å²) in [7, 11) is 0. The molecule has 3 heteroatoms. The first-order valence-electron chi connectivity index (χ1n) is 12.1. The van der Waals surface area contributed by atoms with Gasteiger partial charge in [0.2, 0.25) is 0 Å². The Kier molecular flexibility index (Phi) is 8.50. The van der Waals surface area contributed by atoms with Gasteiger partial charge in [0, 0.05) is 0 Å². The fourth-order valence-corrected chi connectivity index (χ4v) is 5.81. The van der Waals surface area contributed by atoms with Crippen LogP contribution < -0.4 is 0 Å². The maximum absolute atomic E-state index is 12.7. The SMILES string of the molecule is CCCCCC1CCC(C2CCC(CCc3ccc(C(F)(F)F)cc3)CC2)CC1. The predicted octanol–water partition coefficient (Wildman–Crippen LogP) is 8.83. The molecule has 0 bridgehead atoms. The van der Waals surface area contributed by atoms with Crippen LogP contribution in [0.4, 0.5) is 13.2 Å². The Hall–Kier alpha value is -0.990. The minimum Gasteiger partial charge on any atom is -0.166 e. The molecular weight excluding hydrogens is 369 g/mol. The van der Waals surface area contributed by atoms with Gasteiger partial charge in [0.15, 0.2) is 0 Å². The van der Waals surface area contributed by atoms with E-state index in [9.17, 15) is 13.2 Å². The van der Waals surface area contributed by atoms with Crippen LogP contribution in [0.1, 0.15) is 102 Å². The molecule has 0 nitrogen and oxygen atoms in total. The summed E-state index contributed by atoms with van der Waals surface area (Å²) in [6, 6.07) is 5.77. The van der Waals surface area contributed by atoms with E-state index in [0.29, 0.717) is 0 Å². The van der Waals surface area contributed by atoms with Crippen LogP contribution in [0.2, 0.25) is 0 Å². The minimum atomic E-state index is -4.23. The molecule has 164 valence electrons. The van der Waals surface area contributed by atoms with Gasteiger partial charge in [-0.05, 0) is 79.9 Å².